The molecule has 4 rings (SSSR count). The summed E-state index contributed by atoms with van der Waals surface area (Å²) in [7, 11) is -3.51. The molecule has 0 unspecified atom stereocenters. The van der Waals surface area contributed by atoms with Gasteiger partial charge in [-0.25, -0.2) is 13.4 Å². The monoisotopic (exact) mass is 440 g/mol. The van der Waals surface area contributed by atoms with Crippen LogP contribution in [0.25, 0.3) is 11.0 Å². The van der Waals surface area contributed by atoms with Crippen molar-refractivity contribution in [1.29, 1.82) is 0 Å². The van der Waals surface area contributed by atoms with Crippen LogP contribution in [-0.2, 0) is 16.6 Å². The number of hydrogen-bond donors (Lipinski definition) is 1. The minimum absolute atomic E-state index is 0.310. The van der Waals surface area contributed by atoms with Gasteiger partial charge in [-0.1, -0.05) is 0 Å². The van der Waals surface area contributed by atoms with Crippen molar-refractivity contribution in [3.05, 3.63) is 45.3 Å². The third-order valence-electron chi connectivity index (χ3n) is 4.42. The Labute approximate surface area is 158 Å². The first-order valence-corrected chi connectivity index (χ1v) is 11.0. The first kappa shape index (κ1) is 17.2. The quantitative estimate of drug-likeness (QED) is 0.676. The van der Waals surface area contributed by atoms with Crippen molar-refractivity contribution in [2.75, 3.05) is 26.2 Å². The van der Waals surface area contributed by atoms with Crippen molar-refractivity contribution in [2.45, 2.75) is 11.4 Å². The first-order chi connectivity index (χ1) is 12.1. The normalized spacial score (nSPS) is 17.3. The van der Waals surface area contributed by atoms with Crippen LogP contribution in [-0.4, -0.2) is 53.8 Å². The number of fused-ring (bicyclic) bond motifs is 1. The highest BCUT2D eigenvalue weighted by atomic mass is 79.9. The van der Waals surface area contributed by atoms with Crippen LogP contribution in [0.15, 0.2) is 45.3 Å². The molecule has 0 amide bonds. The van der Waals surface area contributed by atoms with E-state index in [1.54, 1.807) is 40.2 Å². The molecule has 1 saturated heterocycles. The highest BCUT2D eigenvalue weighted by molar-refractivity contribution is 9.10. The number of nitrogens with zero attached hydrogens (tertiary/aromatic N) is 3. The molecule has 25 heavy (non-hydrogen) atoms. The SMILES string of the molecule is O=S(=O)(c1c[nH]c2ncccc12)N1CCN(Cc2sccc2Br)CC1. The Morgan fingerprint density at radius 2 is 2.04 bits per heavy atom. The molecule has 1 fully saturated rings. The van der Waals surface area contributed by atoms with Gasteiger partial charge in [0.2, 0.25) is 10.0 Å². The van der Waals surface area contributed by atoms with Gasteiger partial charge in [0.1, 0.15) is 10.5 Å². The van der Waals surface area contributed by atoms with E-state index in [-0.39, 0.29) is 0 Å². The van der Waals surface area contributed by atoms with Crippen LogP contribution in [0, 0.1) is 0 Å². The van der Waals surface area contributed by atoms with E-state index >= 15 is 0 Å². The summed E-state index contributed by atoms with van der Waals surface area (Å²) < 4.78 is 28.7. The second kappa shape index (κ2) is 6.81. The number of hydrogen-bond acceptors (Lipinski definition) is 5. The fourth-order valence-corrected chi connectivity index (χ4v) is 6.14. The van der Waals surface area contributed by atoms with Gasteiger partial charge in [0, 0.05) is 59.9 Å². The summed E-state index contributed by atoms with van der Waals surface area (Å²) in [5.74, 6) is 0. The molecule has 3 aromatic rings. The number of halogens is 1. The lowest BCUT2D eigenvalue weighted by atomic mass is 10.3. The summed E-state index contributed by atoms with van der Waals surface area (Å²) in [4.78, 5) is 11.0. The maximum Gasteiger partial charge on any atom is 0.245 e. The lowest BCUT2D eigenvalue weighted by Crippen LogP contribution is -2.48. The van der Waals surface area contributed by atoms with Crippen LogP contribution in [0.3, 0.4) is 0 Å². The smallest absolute Gasteiger partial charge is 0.245 e. The Kier molecular flexibility index (Phi) is 4.67. The fraction of sp³-hybridized carbons (Fsp3) is 0.312. The molecule has 1 aliphatic rings. The molecule has 6 nitrogen and oxygen atoms in total. The molecule has 3 aromatic heterocycles. The maximum atomic E-state index is 13.0. The van der Waals surface area contributed by atoms with Gasteiger partial charge in [-0.2, -0.15) is 4.31 Å². The van der Waals surface area contributed by atoms with E-state index in [1.165, 1.54) is 4.88 Å². The third-order valence-corrected chi connectivity index (χ3v) is 8.27. The molecule has 0 spiro atoms. The fourth-order valence-electron chi connectivity index (χ4n) is 3.05. The lowest BCUT2D eigenvalue weighted by Gasteiger charge is -2.33. The second-order valence-corrected chi connectivity index (χ2v) is 9.69. The number of aromatic amines is 1. The van der Waals surface area contributed by atoms with Crippen LogP contribution in [0.1, 0.15) is 4.88 Å². The van der Waals surface area contributed by atoms with E-state index in [4.69, 9.17) is 0 Å². The average molecular weight is 441 g/mol. The second-order valence-electron chi connectivity index (χ2n) is 5.92. The molecule has 132 valence electrons. The summed E-state index contributed by atoms with van der Waals surface area (Å²) in [6.45, 7) is 3.30. The molecule has 0 bridgehead atoms. The van der Waals surface area contributed by atoms with E-state index < -0.39 is 10.0 Å². The van der Waals surface area contributed by atoms with Crippen molar-refractivity contribution in [3.8, 4) is 0 Å². The van der Waals surface area contributed by atoms with Crippen molar-refractivity contribution in [1.82, 2.24) is 19.2 Å². The van der Waals surface area contributed by atoms with Crippen molar-refractivity contribution < 1.29 is 8.42 Å². The molecular weight excluding hydrogens is 424 g/mol. The third kappa shape index (κ3) is 3.26. The van der Waals surface area contributed by atoms with Gasteiger partial charge in [-0.3, -0.25) is 4.90 Å². The lowest BCUT2D eigenvalue weighted by molar-refractivity contribution is 0.183. The summed E-state index contributed by atoms with van der Waals surface area (Å²) in [5.41, 5.74) is 0.599. The Bertz CT molecular complexity index is 990. The maximum absolute atomic E-state index is 13.0. The zero-order valence-corrected chi connectivity index (χ0v) is 16.6. The summed E-state index contributed by atoms with van der Waals surface area (Å²) in [6, 6.07) is 5.59. The Morgan fingerprint density at radius 3 is 2.76 bits per heavy atom. The number of aromatic nitrogens is 2. The molecule has 9 heteroatoms. The number of nitrogens with one attached hydrogen (secondary N) is 1. The van der Waals surface area contributed by atoms with Crippen LogP contribution in [0.4, 0.5) is 0 Å². The molecule has 0 radical (unpaired) electrons. The number of rotatable bonds is 4. The number of pyridine rings is 1. The zero-order valence-electron chi connectivity index (χ0n) is 13.4. The van der Waals surface area contributed by atoms with Crippen LogP contribution in [0.5, 0.6) is 0 Å². The van der Waals surface area contributed by atoms with Gasteiger partial charge >= 0.3 is 0 Å². The van der Waals surface area contributed by atoms with Crippen LogP contribution >= 0.6 is 27.3 Å². The highest BCUT2D eigenvalue weighted by Crippen LogP contribution is 2.27. The zero-order chi connectivity index (χ0) is 17.4. The predicted molar refractivity (Wildman–Crippen MR) is 102 cm³/mol. The van der Waals surface area contributed by atoms with Gasteiger partial charge in [0.25, 0.3) is 0 Å². The molecule has 0 saturated carbocycles. The van der Waals surface area contributed by atoms with Crippen molar-refractivity contribution >= 4 is 48.3 Å². The molecule has 1 aliphatic heterocycles. The predicted octanol–water partition coefficient (Wildman–Crippen LogP) is 2.89. The standard InChI is InChI=1S/C16H17BrN4O2S2/c17-13-3-9-24-14(13)11-20-5-7-21(8-6-20)25(22,23)15-10-19-16-12(15)2-1-4-18-16/h1-4,9-10H,5-8,11H2,(H,18,19). The van der Waals surface area contributed by atoms with Crippen molar-refractivity contribution in [3.63, 3.8) is 0 Å². The summed E-state index contributed by atoms with van der Waals surface area (Å²) in [6.07, 6.45) is 3.19. The van der Waals surface area contributed by atoms with Crippen molar-refractivity contribution in [2.24, 2.45) is 0 Å². The Balaban J connectivity index is 1.49. The van der Waals surface area contributed by atoms with Gasteiger partial charge in [0.05, 0.1) is 0 Å². The van der Waals surface area contributed by atoms with E-state index in [0.29, 0.717) is 29.0 Å². The number of sulfonamides is 1. The largest absolute Gasteiger partial charge is 0.345 e. The van der Waals surface area contributed by atoms with E-state index in [9.17, 15) is 8.42 Å². The molecule has 0 aliphatic carbocycles. The number of piperazine rings is 1. The number of thiophene rings is 1. The minimum atomic E-state index is -3.51. The summed E-state index contributed by atoms with van der Waals surface area (Å²) in [5, 5.41) is 2.71. The van der Waals surface area contributed by atoms with E-state index in [0.717, 1.165) is 24.1 Å². The van der Waals surface area contributed by atoms with Gasteiger partial charge in [-0.15, -0.1) is 11.3 Å². The Morgan fingerprint density at radius 1 is 1.24 bits per heavy atom. The number of H-pyrrole nitrogens is 1. The molecular formula is C16H17BrN4O2S2. The van der Waals surface area contributed by atoms with Crippen LogP contribution < -0.4 is 0 Å². The van der Waals surface area contributed by atoms with E-state index in [1.807, 2.05) is 6.07 Å². The molecule has 0 aromatic carbocycles. The van der Waals surface area contributed by atoms with Gasteiger partial charge < -0.3 is 4.98 Å². The van der Waals surface area contributed by atoms with Gasteiger partial charge in [0.15, 0.2) is 0 Å². The van der Waals surface area contributed by atoms with E-state index in [2.05, 4.69) is 36.2 Å². The minimum Gasteiger partial charge on any atom is -0.345 e. The molecule has 1 N–H and O–H groups in total. The summed E-state index contributed by atoms with van der Waals surface area (Å²) >= 11 is 5.27. The van der Waals surface area contributed by atoms with Crippen LogP contribution in [0.2, 0.25) is 0 Å². The molecule has 4 heterocycles. The van der Waals surface area contributed by atoms with Gasteiger partial charge in [-0.05, 0) is 39.5 Å². The average Bonchev–Trinajstić information content (AvgIpc) is 3.22. The Hall–Kier alpha value is -1.26. The highest BCUT2D eigenvalue weighted by Gasteiger charge is 2.30. The topological polar surface area (TPSA) is 69.3 Å². The first-order valence-electron chi connectivity index (χ1n) is 7.92. The molecule has 0 atom stereocenters.